The fourth-order valence-electron chi connectivity index (χ4n) is 10.3. The van der Waals surface area contributed by atoms with Gasteiger partial charge in [-0.15, -0.1) is 0 Å². The molecule has 0 aliphatic heterocycles. The Hall–Kier alpha value is -6.55. The topological polar surface area (TPSA) is 241 Å². The van der Waals surface area contributed by atoms with Crippen molar-refractivity contribution >= 4 is 101 Å². The van der Waals surface area contributed by atoms with Crippen molar-refractivity contribution in [3.63, 3.8) is 0 Å². The second kappa shape index (κ2) is 24.0. The van der Waals surface area contributed by atoms with E-state index in [0.717, 1.165) is 72.4 Å². The molecule has 0 saturated heterocycles. The standard InChI is InChI=1S/C28H36ClN7O3Si.C28H34ClN7O2Si/c1-35-23-13-18(29)8-9-20(23)24(34-35)22-14-31-27-25(33-22)21(15-36(27)16-39-10-11-40(2,3)4)28(38)32-19-7-5-6-17(12-19)26(30)37;1-35-24-13-19(29)8-9-21(24)25(34-35)23-15-31-27-26(33-23)22(16-36(27)17-38-10-11-39(2,3)4)28(37)32-20-7-5-6-18(12-20)14-30/h8-9,13-15,17,19H,5-7,10-12,16H2,1-4H3,(H2,30,37)(H,32,38);8-9,13,15-16,18,20H,5-7,10-12,17H2,1-4H3,(H,32,37)/t17-,19-;18-,20-/m00/s1. The van der Waals surface area contributed by atoms with E-state index >= 15 is 0 Å². The summed E-state index contributed by atoms with van der Waals surface area (Å²) in [6.45, 7) is 15.7. The molecule has 3 amide bonds. The Kier molecular flexibility index (Phi) is 17.4. The molecule has 4 atom stereocenters. The maximum absolute atomic E-state index is 13.6. The molecule has 0 spiro atoms. The Balaban J connectivity index is 0.000000192. The number of primary amides is 1. The van der Waals surface area contributed by atoms with E-state index in [-0.39, 0.29) is 55.1 Å². The third-order valence-electron chi connectivity index (χ3n) is 14.8. The Morgan fingerprint density at radius 1 is 0.696 bits per heavy atom. The van der Waals surface area contributed by atoms with Gasteiger partial charge in [-0.1, -0.05) is 75.3 Å². The third kappa shape index (κ3) is 13.6. The zero-order chi connectivity index (χ0) is 56.3. The molecule has 19 nitrogen and oxygen atoms in total. The fraction of sp³-hybridized carbons (Fsp3) is 0.464. The molecule has 0 bridgehead atoms. The third-order valence-corrected chi connectivity index (χ3v) is 18.7. The Labute approximate surface area is 471 Å². The number of nitrogens with one attached hydrogen (secondary N) is 2. The van der Waals surface area contributed by atoms with Gasteiger partial charge < -0.3 is 35.0 Å². The first-order chi connectivity index (χ1) is 37.6. The van der Waals surface area contributed by atoms with Gasteiger partial charge in [0.05, 0.1) is 40.6 Å². The largest absolute Gasteiger partial charge is 0.369 e. The van der Waals surface area contributed by atoms with Crippen LogP contribution in [0, 0.1) is 23.2 Å². The number of aryl methyl sites for hydroxylation is 2. The van der Waals surface area contributed by atoms with Gasteiger partial charge in [-0.3, -0.25) is 23.7 Å². The molecule has 416 valence electrons. The van der Waals surface area contributed by atoms with Crippen molar-refractivity contribution in [1.82, 2.24) is 59.3 Å². The molecule has 4 N–H and O–H groups in total. The summed E-state index contributed by atoms with van der Waals surface area (Å²) in [6.07, 6.45) is 13.2. The Bertz CT molecular complexity index is 3610. The average molecular weight is 1150 g/mol. The van der Waals surface area contributed by atoms with Gasteiger partial charge in [-0.05, 0) is 87.0 Å². The number of aromatic nitrogens is 10. The molecule has 2 fully saturated rings. The van der Waals surface area contributed by atoms with E-state index in [0.29, 0.717) is 92.3 Å². The van der Waals surface area contributed by atoms with Crippen LogP contribution in [0.1, 0.15) is 72.1 Å². The van der Waals surface area contributed by atoms with Crippen molar-refractivity contribution in [1.29, 1.82) is 5.26 Å². The van der Waals surface area contributed by atoms with Gasteiger partial charge in [0.2, 0.25) is 5.91 Å². The number of halogens is 2. The smallest absolute Gasteiger partial charge is 0.255 e. The summed E-state index contributed by atoms with van der Waals surface area (Å²) in [6, 6.07) is 15.5. The van der Waals surface area contributed by atoms with Crippen LogP contribution in [0.4, 0.5) is 0 Å². The lowest BCUT2D eigenvalue weighted by Crippen LogP contribution is -2.41. The molecule has 23 heteroatoms. The number of rotatable bonds is 17. The summed E-state index contributed by atoms with van der Waals surface area (Å²) < 4.78 is 19.2. The number of nitrogens with zero attached hydrogens (tertiary/aromatic N) is 11. The first kappa shape index (κ1) is 57.2. The highest BCUT2D eigenvalue weighted by Gasteiger charge is 2.30. The molecule has 6 heterocycles. The first-order valence-electron chi connectivity index (χ1n) is 27.1. The number of hydrogen-bond acceptors (Lipinski definition) is 12. The minimum absolute atomic E-state index is 0.0255. The highest BCUT2D eigenvalue weighted by atomic mass is 35.5. The van der Waals surface area contributed by atoms with Gasteiger partial charge in [0.1, 0.15) is 47.3 Å². The number of fused-ring (bicyclic) bond motifs is 4. The first-order valence-corrected chi connectivity index (χ1v) is 35.2. The van der Waals surface area contributed by atoms with E-state index in [1.807, 2.05) is 59.6 Å². The predicted octanol–water partition coefficient (Wildman–Crippen LogP) is 10.5. The van der Waals surface area contributed by atoms with Crippen LogP contribution in [-0.2, 0) is 41.8 Å². The number of benzene rings is 2. The fourth-order valence-corrected chi connectivity index (χ4v) is 12.2. The molecule has 0 radical (unpaired) electrons. The average Bonchev–Trinajstić information content (AvgIpc) is 4.39. The van der Waals surface area contributed by atoms with E-state index in [9.17, 15) is 19.6 Å². The molecule has 0 unspecified atom stereocenters. The van der Waals surface area contributed by atoms with Crippen LogP contribution in [0.5, 0.6) is 0 Å². The second-order valence-electron chi connectivity index (χ2n) is 23.4. The SMILES string of the molecule is Cn1nc(-c2cnc3c(n2)c(C(=O)N[C@H]2CCC[C@H](C#N)C2)cn3COCC[Si](C)(C)C)c2ccc(Cl)cc21.Cn1nc(-c2cnc3c(n2)c(C(=O)N[C@H]2CCC[C@H](C(N)=O)C2)cn3COCC[Si](C)(C)C)c2ccc(Cl)cc21. The van der Waals surface area contributed by atoms with E-state index in [4.69, 9.17) is 58.3 Å². The van der Waals surface area contributed by atoms with Crippen LogP contribution in [0.3, 0.4) is 0 Å². The lowest BCUT2D eigenvalue weighted by atomic mass is 9.85. The molecule has 10 rings (SSSR count). The van der Waals surface area contributed by atoms with Crippen LogP contribution in [-0.4, -0.2) is 108 Å². The zero-order valence-corrected chi connectivity index (χ0v) is 49.8. The van der Waals surface area contributed by atoms with E-state index in [1.165, 1.54) is 0 Å². The number of amides is 3. The lowest BCUT2D eigenvalue weighted by molar-refractivity contribution is -0.122. The van der Waals surface area contributed by atoms with Crippen LogP contribution in [0.2, 0.25) is 61.4 Å². The number of ether oxygens (including phenoxy) is 2. The van der Waals surface area contributed by atoms with E-state index in [1.54, 1.807) is 34.2 Å². The molecule has 2 aliphatic carbocycles. The molecular formula is C56H70Cl2N14O5Si2. The summed E-state index contributed by atoms with van der Waals surface area (Å²) in [5.41, 5.74) is 12.7. The quantitative estimate of drug-likeness (QED) is 0.0570. The molecule has 2 aromatic carbocycles. The van der Waals surface area contributed by atoms with Crippen molar-refractivity contribution in [3.05, 3.63) is 82.4 Å². The molecule has 6 aromatic heterocycles. The normalized spacial score (nSPS) is 17.9. The maximum Gasteiger partial charge on any atom is 0.255 e. The molecule has 8 aromatic rings. The van der Waals surface area contributed by atoms with Gasteiger partial charge in [0, 0.05) is 101 Å². The van der Waals surface area contributed by atoms with E-state index < -0.39 is 16.1 Å². The van der Waals surface area contributed by atoms with Crippen LogP contribution < -0.4 is 16.4 Å². The van der Waals surface area contributed by atoms with Crippen LogP contribution in [0.25, 0.3) is 66.9 Å². The summed E-state index contributed by atoms with van der Waals surface area (Å²) in [5.74, 6) is -1.04. The van der Waals surface area contributed by atoms with Gasteiger partial charge in [-0.2, -0.15) is 15.5 Å². The lowest BCUT2D eigenvalue weighted by Gasteiger charge is -2.27. The molecular weight excluding hydrogens is 1080 g/mol. The number of nitrogens with two attached hydrogens (primary N) is 1. The highest BCUT2D eigenvalue weighted by Crippen LogP contribution is 2.33. The Morgan fingerprint density at radius 3 is 1.59 bits per heavy atom. The Morgan fingerprint density at radius 2 is 1.15 bits per heavy atom. The number of nitriles is 1. The second-order valence-corrected chi connectivity index (χ2v) is 35.6. The van der Waals surface area contributed by atoms with Crippen molar-refractivity contribution in [3.8, 4) is 28.8 Å². The van der Waals surface area contributed by atoms with Gasteiger partial charge in [-0.25, -0.2) is 19.9 Å². The number of hydrogen-bond donors (Lipinski definition) is 3. The molecule has 2 aliphatic rings. The zero-order valence-electron chi connectivity index (χ0n) is 46.3. The maximum atomic E-state index is 13.6. The summed E-state index contributed by atoms with van der Waals surface area (Å²) in [4.78, 5) is 58.2. The summed E-state index contributed by atoms with van der Waals surface area (Å²) >= 11 is 12.4. The minimum Gasteiger partial charge on any atom is -0.369 e. The van der Waals surface area contributed by atoms with E-state index in [2.05, 4.69) is 66.2 Å². The molecule has 2 saturated carbocycles. The van der Waals surface area contributed by atoms with Crippen molar-refractivity contribution < 1.29 is 23.9 Å². The molecule has 79 heavy (non-hydrogen) atoms. The van der Waals surface area contributed by atoms with Crippen LogP contribution in [0.15, 0.2) is 61.2 Å². The summed E-state index contributed by atoms with van der Waals surface area (Å²) in [5, 5.41) is 28.0. The van der Waals surface area contributed by atoms with Crippen molar-refractivity contribution in [2.45, 2.75) is 128 Å². The van der Waals surface area contributed by atoms with Gasteiger partial charge in [0.15, 0.2) is 11.3 Å². The predicted molar refractivity (Wildman–Crippen MR) is 314 cm³/mol. The van der Waals surface area contributed by atoms with Gasteiger partial charge >= 0.3 is 0 Å². The minimum atomic E-state index is -1.25. The van der Waals surface area contributed by atoms with Crippen LogP contribution >= 0.6 is 23.2 Å². The van der Waals surface area contributed by atoms with Crippen molar-refractivity contribution in [2.75, 3.05) is 13.2 Å². The monoisotopic (exact) mass is 1140 g/mol. The highest BCUT2D eigenvalue weighted by molar-refractivity contribution is 6.76. The van der Waals surface area contributed by atoms with Crippen molar-refractivity contribution in [2.24, 2.45) is 31.7 Å². The van der Waals surface area contributed by atoms with Gasteiger partial charge in [0.25, 0.3) is 11.8 Å². The summed E-state index contributed by atoms with van der Waals surface area (Å²) in [7, 11) is 1.24. The number of carbonyl (C=O) groups excluding carboxylic acids is 3. The number of carbonyl (C=O) groups is 3.